The number of likely N-dealkylation sites (tertiary alicyclic amines) is 1. The van der Waals surface area contributed by atoms with Crippen LogP contribution >= 0.6 is 11.3 Å². The third-order valence-electron chi connectivity index (χ3n) is 6.49. The fraction of sp³-hybridized carbons (Fsp3) is 0.600. The quantitative estimate of drug-likeness (QED) is 0.556. The van der Waals surface area contributed by atoms with Gasteiger partial charge in [0.15, 0.2) is 4.80 Å². The minimum Gasteiger partial charge on any atom is -0.491 e. The summed E-state index contributed by atoms with van der Waals surface area (Å²) in [5.74, 6) is -0.637. The molecule has 10 heteroatoms. The summed E-state index contributed by atoms with van der Waals surface area (Å²) >= 11 is 1.37. The topological polar surface area (TPSA) is 56.1 Å². The minimum atomic E-state index is -4.58. The number of thiazole rings is 1. The molecule has 0 unspecified atom stereocenters. The molecule has 2 atom stereocenters. The number of rotatable bonds is 6. The predicted octanol–water partition coefficient (Wildman–Crippen LogP) is 4.87. The van der Waals surface area contributed by atoms with Crippen molar-refractivity contribution >= 4 is 17.2 Å². The van der Waals surface area contributed by atoms with Gasteiger partial charge in [-0.05, 0) is 56.5 Å². The van der Waals surface area contributed by atoms with Gasteiger partial charge < -0.3 is 14.0 Å². The van der Waals surface area contributed by atoms with Crippen molar-refractivity contribution in [3.05, 3.63) is 45.2 Å². The maximum absolute atomic E-state index is 13.4. The molecule has 2 saturated heterocycles. The number of ether oxygens (including phenoxy) is 2. The van der Waals surface area contributed by atoms with Crippen molar-refractivity contribution in [3.8, 4) is 5.75 Å². The number of carbonyl (C=O) groups is 1. The highest BCUT2D eigenvalue weighted by Crippen LogP contribution is 2.33. The molecule has 0 radical (unpaired) electrons. The maximum Gasteiger partial charge on any atom is 0.416 e. The van der Waals surface area contributed by atoms with E-state index >= 15 is 0 Å². The Morgan fingerprint density at radius 1 is 1.26 bits per heavy atom. The van der Waals surface area contributed by atoms with Crippen LogP contribution in [0.3, 0.4) is 0 Å². The van der Waals surface area contributed by atoms with E-state index in [1.165, 1.54) is 17.4 Å². The van der Waals surface area contributed by atoms with E-state index in [-0.39, 0.29) is 28.9 Å². The summed E-state index contributed by atoms with van der Waals surface area (Å²) in [5, 5.41) is 0. The van der Waals surface area contributed by atoms with Gasteiger partial charge in [-0.1, -0.05) is 20.8 Å². The van der Waals surface area contributed by atoms with Crippen LogP contribution in [0, 0.1) is 0 Å². The van der Waals surface area contributed by atoms with E-state index in [1.54, 1.807) is 0 Å². The monoisotopic (exact) mass is 511 g/mol. The van der Waals surface area contributed by atoms with E-state index < -0.39 is 17.6 Å². The molecule has 4 rings (SSSR count). The van der Waals surface area contributed by atoms with Gasteiger partial charge in [0.1, 0.15) is 12.4 Å². The second kappa shape index (κ2) is 10.1. The van der Waals surface area contributed by atoms with Crippen molar-refractivity contribution in [2.45, 2.75) is 70.3 Å². The number of alkyl halides is 3. The van der Waals surface area contributed by atoms with Crippen LogP contribution in [0.15, 0.2) is 29.4 Å². The highest BCUT2D eigenvalue weighted by molar-refractivity contribution is 7.09. The molecular weight excluding hydrogens is 479 g/mol. The van der Waals surface area contributed by atoms with Crippen molar-refractivity contribution < 1.29 is 27.4 Å². The van der Waals surface area contributed by atoms with Crippen LogP contribution in [0.4, 0.5) is 13.2 Å². The minimum absolute atomic E-state index is 0.0263. The largest absolute Gasteiger partial charge is 0.491 e. The Morgan fingerprint density at radius 3 is 2.60 bits per heavy atom. The van der Waals surface area contributed by atoms with E-state index in [0.717, 1.165) is 42.8 Å². The molecule has 0 bridgehead atoms. The number of carbonyl (C=O) groups excluding carboxylic acids is 1. The fourth-order valence-corrected chi connectivity index (χ4v) is 5.12. The van der Waals surface area contributed by atoms with Gasteiger partial charge in [0.05, 0.1) is 23.8 Å². The Balaban J connectivity index is 1.70. The van der Waals surface area contributed by atoms with Crippen molar-refractivity contribution in [2.75, 3.05) is 26.8 Å². The summed E-state index contributed by atoms with van der Waals surface area (Å²) in [7, 11) is 1.96. The van der Waals surface area contributed by atoms with E-state index in [0.29, 0.717) is 24.6 Å². The van der Waals surface area contributed by atoms with Gasteiger partial charge in [0.2, 0.25) is 0 Å². The summed E-state index contributed by atoms with van der Waals surface area (Å²) in [4.78, 5) is 21.2. The molecule has 192 valence electrons. The molecule has 2 aromatic rings. The molecular formula is C25H32F3N3O3S. The van der Waals surface area contributed by atoms with Crippen molar-refractivity contribution in [1.82, 2.24) is 9.47 Å². The number of hydrogen-bond acceptors (Lipinski definition) is 5. The Kier molecular flexibility index (Phi) is 7.45. The summed E-state index contributed by atoms with van der Waals surface area (Å²) < 4.78 is 53.8. The lowest BCUT2D eigenvalue weighted by molar-refractivity contribution is -0.137. The Labute approximate surface area is 207 Å². The lowest BCUT2D eigenvalue weighted by Crippen LogP contribution is -2.48. The van der Waals surface area contributed by atoms with Crippen molar-refractivity contribution in [3.63, 3.8) is 0 Å². The van der Waals surface area contributed by atoms with Gasteiger partial charge in [0.25, 0.3) is 5.91 Å². The molecule has 0 aliphatic carbocycles. The first kappa shape index (κ1) is 25.9. The number of amides is 1. The molecule has 6 nitrogen and oxygen atoms in total. The second-order valence-corrected chi connectivity index (χ2v) is 11.3. The summed E-state index contributed by atoms with van der Waals surface area (Å²) in [6, 6.07) is 3.18. The lowest BCUT2D eigenvalue weighted by Gasteiger charge is -2.37. The predicted molar refractivity (Wildman–Crippen MR) is 128 cm³/mol. The van der Waals surface area contributed by atoms with Crippen LogP contribution in [0.5, 0.6) is 5.75 Å². The lowest BCUT2D eigenvalue weighted by atomic mass is 9.95. The first-order valence-corrected chi connectivity index (χ1v) is 12.7. The molecule has 2 aliphatic heterocycles. The second-order valence-electron chi connectivity index (χ2n) is 10.3. The normalized spacial score (nSPS) is 21.9. The average Bonchev–Trinajstić information content (AvgIpc) is 3.42. The maximum atomic E-state index is 13.4. The first-order chi connectivity index (χ1) is 16.4. The van der Waals surface area contributed by atoms with E-state index in [2.05, 4.69) is 30.7 Å². The van der Waals surface area contributed by atoms with Crippen LogP contribution in [0.2, 0.25) is 0 Å². The summed E-state index contributed by atoms with van der Waals surface area (Å²) in [6.45, 7) is 8.69. The summed E-state index contributed by atoms with van der Waals surface area (Å²) in [5.41, 5.74) is -1.26. The van der Waals surface area contributed by atoms with Gasteiger partial charge in [-0.25, -0.2) is 0 Å². The zero-order chi connectivity index (χ0) is 25.4. The van der Waals surface area contributed by atoms with Gasteiger partial charge >= 0.3 is 6.18 Å². The molecule has 35 heavy (non-hydrogen) atoms. The molecule has 0 saturated carbocycles. The molecule has 1 aromatic carbocycles. The van der Waals surface area contributed by atoms with Crippen LogP contribution < -0.4 is 9.54 Å². The Hall–Kier alpha value is -2.17. The van der Waals surface area contributed by atoms with Crippen molar-refractivity contribution in [2.24, 2.45) is 4.99 Å². The molecule has 2 fully saturated rings. The van der Waals surface area contributed by atoms with Crippen LogP contribution in [0.25, 0.3) is 0 Å². The number of benzene rings is 1. The van der Waals surface area contributed by atoms with Crippen molar-refractivity contribution in [1.29, 1.82) is 0 Å². The SMILES string of the molecule is CN1CC[C@@H]1COc1ccc(C(F)(F)F)cc1C(=O)N=c1sc(C(C)(C)C)cn1C[C@H]1CCCO1. The van der Waals surface area contributed by atoms with Gasteiger partial charge in [-0.3, -0.25) is 9.69 Å². The highest BCUT2D eigenvalue weighted by atomic mass is 32.1. The number of likely N-dealkylation sites (N-methyl/N-ethyl adjacent to an activating group) is 1. The molecule has 0 N–H and O–H groups in total. The first-order valence-electron chi connectivity index (χ1n) is 11.9. The van der Waals surface area contributed by atoms with Crippen LogP contribution in [-0.2, 0) is 22.9 Å². The van der Waals surface area contributed by atoms with Gasteiger partial charge in [-0.15, -0.1) is 11.3 Å². The van der Waals surface area contributed by atoms with E-state index in [1.807, 2.05) is 17.8 Å². The number of hydrogen-bond donors (Lipinski definition) is 0. The number of halogens is 3. The van der Waals surface area contributed by atoms with Crippen LogP contribution in [0.1, 0.15) is 60.8 Å². The Bertz CT molecular complexity index is 1130. The molecule has 2 aliphatic rings. The smallest absolute Gasteiger partial charge is 0.416 e. The molecule has 0 spiro atoms. The van der Waals surface area contributed by atoms with E-state index in [9.17, 15) is 18.0 Å². The zero-order valence-corrected chi connectivity index (χ0v) is 21.3. The van der Waals surface area contributed by atoms with Gasteiger partial charge in [-0.2, -0.15) is 18.2 Å². The third kappa shape index (κ3) is 6.16. The summed E-state index contributed by atoms with van der Waals surface area (Å²) in [6.07, 6.45) is 0.256. The molecule has 1 amide bonds. The standard InChI is InChI=1S/C25H32F3N3O3S/c1-24(2,3)21-14-31(13-18-6-5-11-33-18)23(35-21)29-22(32)19-12-16(25(26,27)28)7-8-20(19)34-15-17-9-10-30(17)4/h7-8,12,14,17-18H,5-6,9-11,13,15H2,1-4H3/t17-,18-/m1/s1. The average molecular weight is 512 g/mol. The number of aromatic nitrogens is 1. The zero-order valence-electron chi connectivity index (χ0n) is 20.5. The molecule has 3 heterocycles. The van der Waals surface area contributed by atoms with Gasteiger partial charge in [0, 0.05) is 23.7 Å². The fourth-order valence-electron chi connectivity index (χ4n) is 4.07. The molecule has 1 aromatic heterocycles. The van der Waals surface area contributed by atoms with Crippen LogP contribution in [-0.4, -0.2) is 54.3 Å². The number of nitrogens with zero attached hydrogens (tertiary/aromatic N) is 3. The highest BCUT2D eigenvalue weighted by Gasteiger charge is 2.33. The third-order valence-corrected chi connectivity index (χ3v) is 7.93. The Morgan fingerprint density at radius 2 is 2.03 bits per heavy atom. The van der Waals surface area contributed by atoms with E-state index in [4.69, 9.17) is 9.47 Å².